The first-order valence-electron chi connectivity index (χ1n) is 6.96. The van der Waals surface area contributed by atoms with Gasteiger partial charge in [-0.1, -0.05) is 18.2 Å². The lowest BCUT2D eigenvalue weighted by Crippen LogP contribution is -2.16. The molecular formula is C16H12F3N3OS. The maximum absolute atomic E-state index is 12.5. The predicted octanol–water partition coefficient (Wildman–Crippen LogP) is 3.87. The highest BCUT2D eigenvalue weighted by atomic mass is 32.1. The first-order chi connectivity index (χ1) is 11.4. The average Bonchev–Trinajstić information content (AvgIpc) is 3.15. The van der Waals surface area contributed by atoms with Gasteiger partial charge in [-0.2, -0.15) is 18.3 Å². The first-order valence-corrected chi connectivity index (χ1v) is 7.77. The molecule has 0 amide bonds. The number of hydrogen-bond acceptors (Lipinski definition) is 3. The van der Waals surface area contributed by atoms with Gasteiger partial charge in [-0.15, -0.1) is 11.3 Å². The van der Waals surface area contributed by atoms with E-state index in [4.69, 9.17) is 0 Å². The molecule has 0 aliphatic carbocycles. The molecule has 0 saturated heterocycles. The molecule has 0 fully saturated rings. The largest absolute Gasteiger partial charge is 0.416 e. The summed E-state index contributed by atoms with van der Waals surface area (Å²) in [6.45, 7) is 0.425. The molecule has 0 aliphatic heterocycles. The maximum Gasteiger partial charge on any atom is 0.416 e. The van der Waals surface area contributed by atoms with Crippen molar-refractivity contribution in [2.75, 3.05) is 0 Å². The molecule has 24 heavy (non-hydrogen) atoms. The highest BCUT2D eigenvalue weighted by molar-refractivity contribution is 7.12. The quantitative estimate of drug-likeness (QED) is 0.776. The number of nitrogens with zero attached hydrogens (tertiary/aromatic N) is 2. The Balaban J connectivity index is 1.69. The molecule has 3 aromatic rings. The Kier molecular flexibility index (Phi) is 4.39. The topological polar surface area (TPSA) is 50.7 Å². The van der Waals surface area contributed by atoms with Crippen molar-refractivity contribution in [2.24, 2.45) is 0 Å². The Morgan fingerprint density at radius 2 is 1.88 bits per heavy atom. The Bertz CT molecular complexity index is 904. The van der Waals surface area contributed by atoms with Crippen molar-refractivity contribution < 1.29 is 13.2 Å². The second-order valence-electron chi connectivity index (χ2n) is 5.05. The van der Waals surface area contributed by atoms with Crippen LogP contribution in [-0.2, 0) is 12.7 Å². The summed E-state index contributed by atoms with van der Waals surface area (Å²) in [6, 6.07) is 8.77. The third-order valence-corrected chi connectivity index (χ3v) is 4.34. The second kappa shape index (κ2) is 6.48. The minimum absolute atomic E-state index is 0.273. The van der Waals surface area contributed by atoms with Crippen molar-refractivity contribution in [3.63, 3.8) is 0 Å². The number of aromatic nitrogens is 3. The molecular weight excluding hydrogens is 339 g/mol. The Hall–Kier alpha value is -2.61. The van der Waals surface area contributed by atoms with Gasteiger partial charge in [0.05, 0.1) is 12.1 Å². The van der Waals surface area contributed by atoms with E-state index in [2.05, 4.69) is 10.2 Å². The summed E-state index contributed by atoms with van der Waals surface area (Å²) >= 11 is 1.50. The third kappa shape index (κ3) is 3.83. The number of alkyl halides is 3. The Morgan fingerprint density at radius 3 is 2.50 bits per heavy atom. The fourth-order valence-corrected chi connectivity index (χ4v) is 3.00. The van der Waals surface area contributed by atoms with Gasteiger partial charge in [0.1, 0.15) is 6.33 Å². The number of halogens is 3. The van der Waals surface area contributed by atoms with Crippen LogP contribution in [0, 0.1) is 0 Å². The Morgan fingerprint density at radius 1 is 1.12 bits per heavy atom. The van der Waals surface area contributed by atoms with E-state index in [1.165, 1.54) is 34.4 Å². The fraction of sp³-hybridized carbons (Fsp3) is 0.125. The van der Waals surface area contributed by atoms with E-state index in [9.17, 15) is 18.0 Å². The van der Waals surface area contributed by atoms with E-state index < -0.39 is 11.7 Å². The van der Waals surface area contributed by atoms with E-state index in [0.29, 0.717) is 12.1 Å². The predicted molar refractivity (Wildman–Crippen MR) is 86.6 cm³/mol. The van der Waals surface area contributed by atoms with Crippen LogP contribution in [0.3, 0.4) is 0 Å². The van der Waals surface area contributed by atoms with Gasteiger partial charge in [0.25, 0.3) is 0 Å². The van der Waals surface area contributed by atoms with Crippen LogP contribution in [0.4, 0.5) is 13.2 Å². The van der Waals surface area contributed by atoms with Crippen LogP contribution in [-0.4, -0.2) is 14.8 Å². The molecule has 0 saturated carbocycles. The number of benzene rings is 1. The summed E-state index contributed by atoms with van der Waals surface area (Å²) in [4.78, 5) is 13.3. The number of aromatic amines is 1. The lowest BCUT2D eigenvalue weighted by Gasteiger charge is -2.05. The zero-order valence-corrected chi connectivity index (χ0v) is 13.1. The molecule has 3 rings (SSSR count). The lowest BCUT2D eigenvalue weighted by atomic mass is 10.1. The van der Waals surface area contributed by atoms with Gasteiger partial charge < -0.3 is 0 Å². The SMILES string of the molecule is O=c1[nH]ncn1Cc1ccc(/C=C/c2ccc(C(F)(F)F)cc2)s1. The van der Waals surface area contributed by atoms with Crippen LogP contribution in [0.15, 0.2) is 47.5 Å². The number of thiophene rings is 1. The van der Waals surface area contributed by atoms with Crippen molar-refractivity contribution in [1.82, 2.24) is 14.8 Å². The summed E-state index contributed by atoms with van der Waals surface area (Å²) < 4.78 is 39.0. The summed E-state index contributed by atoms with van der Waals surface area (Å²) in [6.07, 6.45) is 0.685. The van der Waals surface area contributed by atoms with Gasteiger partial charge in [-0.25, -0.2) is 9.89 Å². The molecule has 0 atom stereocenters. The minimum atomic E-state index is -4.32. The lowest BCUT2D eigenvalue weighted by molar-refractivity contribution is -0.137. The zero-order valence-electron chi connectivity index (χ0n) is 12.2. The molecule has 8 heteroatoms. The summed E-state index contributed by atoms with van der Waals surface area (Å²) in [7, 11) is 0. The van der Waals surface area contributed by atoms with Crippen LogP contribution in [0.25, 0.3) is 12.2 Å². The molecule has 124 valence electrons. The van der Waals surface area contributed by atoms with Gasteiger partial charge in [0, 0.05) is 9.75 Å². The van der Waals surface area contributed by atoms with Crippen molar-refractivity contribution in [2.45, 2.75) is 12.7 Å². The molecule has 2 aromatic heterocycles. The van der Waals surface area contributed by atoms with E-state index in [1.54, 1.807) is 6.08 Å². The second-order valence-corrected chi connectivity index (χ2v) is 6.25. The monoisotopic (exact) mass is 351 g/mol. The fourth-order valence-electron chi connectivity index (χ4n) is 2.08. The zero-order chi connectivity index (χ0) is 17.2. The molecule has 1 N–H and O–H groups in total. The van der Waals surface area contributed by atoms with Crippen molar-refractivity contribution in [3.05, 3.63) is 74.1 Å². The highest BCUT2D eigenvalue weighted by Gasteiger charge is 2.29. The van der Waals surface area contributed by atoms with Gasteiger partial charge >= 0.3 is 11.9 Å². The average molecular weight is 351 g/mol. The molecule has 0 aliphatic rings. The van der Waals surface area contributed by atoms with Crippen LogP contribution < -0.4 is 5.69 Å². The maximum atomic E-state index is 12.5. The van der Waals surface area contributed by atoms with Gasteiger partial charge in [0.15, 0.2) is 0 Å². The van der Waals surface area contributed by atoms with Gasteiger partial charge in [-0.3, -0.25) is 4.57 Å². The smallest absolute Gasteiger partial charge is 0.276 e. The van der Waals surface area contributed by atoms with Crippen molar-refractivity contribution in [1.29, 1.82) is 0 Å². The number of H-pyrrole nitrogens is 1. The molecule has 0 spiro atoms. The molecule has 2 heterocycles. The van der Waals surface area contributed by atoms with Gasteiger partial charge in [0.2, 0.25) is 0 Å². The van der Waals surface area contributed by atoms with Crippen LogP contribution in [0.5, 0.6) is 0 Å². The van der Waals surface area contributed by atoms with Crippen molar-refractivity contribution >= 4 is 23.5 Å². The Labute approximate surface area is 138 Å². The number of rotatable bonds is 4. The van der Waals surface area contributed by atoms with Crippen LogP contribution in [0.2, 0.25) is 0 Å². The standard InChI is InChI=1S/C16H12F3N3OS/c17-16(18,19)12-4-1-11(2-5-12)3-6-13-7-8-14(24-13)9-22-10-20-21-15(22)23/h1-8,10H,9H2,(H,21,23)/b6-3+. The summed E-state index contributed by atoms with van der Waals surface area (Å²) in [5.74, 6) is 0. The first kappa shape index (κ1) is 16.3. The normalized spacial score (nSPS) is 12.1. The van der Waals surface area contributed by atoms with E-state index in [0.717, 1.165) is 21.9 Å². The molecule has 4 nitrogen and oxygen atoms in total. The third-order valence-electron chi connectivity index (χ3n) is 3.30. The number of nitrogens with one attached hydrogen (secondary N) is 1. The molecule has 1 aromatic carbocycles. The minimum Gasteiger partial charge on any atom is -0.276 e. The van der Waals surface area contributed by atoms with Crippen molar-refractivity contribution in [3.8, 4) is 0 Å². The van der Waals surface area contributed by atoms with Crippen LogP contribution in [0.1, 0.15) is 20.9 Å². The molecule has 0 bridgehead atoms. The van der Waals surface area contributed by atoms with E-state index in [-0.39, 0.29) is 5.69 Å². The highest BCUT2D eigenvalue weighted by Crippen LogP contribution is 2.29. The van der Waals surface area contributed by atoms with E-state index in [1.807, 2.05) is 18.2 Å². The summed E-state index contributed by atoms with van der Waals surface area (Å²) in [5.41, 5.74) is -0.252. The van der Waals surface area contributed by atoms with Gasteiger partial charge in [-0.05, 0) is 35.9 Å². The molecule has 0 unspecified atom stereocenters. The van der Waals surface area contributed by atoms with Crippen LogP contribution >= 0.6 is 11.3 Å². The number of hydrogen-bond donors (Lipinski definition) is 1. The summed E-state index contributed by atoms with van der Waals surface area (Å²) in [5, 5.41) is 5.99. The molecule has 0 radical (unpaired) electrons. The van der Waals surface area contributed by atoms with E-state index >= 15 is 0 Å².